The normalized spacial score (nSPS) is 18.4. The van der Waals surface area contributed by atoms with Crippen molar-refractivity contribution in [1.29, 1.82) is 0 Å². The molecule has 2 amide bonds. The summed E-state index contributed by atoms with van der Waals surface area (Å²) in [5.41, 5.74) is 3.01. The number of aromatic nitrogens is 1. The van der Waals surface area contributed by atoms with Gasteiger partial charge in [-0.15, -0.1) is 0 Å². The van der Waals surface area contributed by atoms with Gasteiger partial charge in [0.25, 0.3) is 5.91 Å². The fraction of sp³-hybridized carbons (Fsp3) is 0.227. The molecule has 0 N–H and O–H groups in total. The molecule has 0 spiro atoms. The zero-order valence-electron chi connectivity index (χ0n) is 15.8. The average molecular weight is 375 g/mol. The molecule has 0 bridgehead atoms. The van der Waals surface area contributed by atoms with Crippen molar-refractivity contribution in [3.05, 3.63) is 78.2 Å². The maximum atomic E-state index is 13.1. The summed E-state index contributed by atoms with van der Waals surface area (Å²) in [5, 5.41) is 3.65. The minimum atomic E-state index is -0.159. The molecule has 0 fully saturated rings. The highest BCUT2D eigenvalue weighted by Crippen LogP contribution is 2.42. The van der Waals surface area contributed by atoms with E-state index in [0.29, 0.717) is 12.0 Å². The molecule has 2 atom stereocenters. The molecule has 1 aromatic heterocycles. The molecule has 142 valence electrons. The summed E-state index contributed by atoms with van der Waals surface area (Å²) >= 11 is 0. The maximum Gasteiger partial charge on any atom is 0.263 e. The van der Waals surface area contributed by atoms with Gasteiger partial charge in [0.15, 0.2) is 0 Å². The van der Waals surface area contributed by atoms with Crippen molar-refractivity contribution in [3.63, 3.8) is 0 Å². The number of fused-ring (bicyclic) bond motifs is 1. The Morgan fingerprint density at radius 1 is 1.11 bits per heavy atom. The maximum absolute atomic E-state index is 13.1. The van der Waals surface area contributed by atoms with Crippen molar-refractivity contribution < 1.29 is 14.1 Å². The van der Waals surface area contributed by atoms with E-state index in [0.717, 1.165) is 16.9 Å². The molecule has 1 aliphatic rings. The van der Waals surface area contributed by atoms with Crippen LogP contribution in [0.5, 0.6) is 0 Å². The summed E-state index contributed by atoms with van der Waals surface area (Å²) in [7, 11) is 0. The second-order valence-electron chi connectivity index (χ2n) is 6.97. The number of rotatable bonds is 3. The SMILES string of the molecule is CC(=O)N(c1ccccc1)[C@@H]1C[C@H](C)N(C(=O)c2cnoc2)c2ccccc21. The molecule has 0 saturated heterocycles. The molecule has 1 aliphatic heterocycles. The molecule has 6 heteroatoms. The Morgan fingerprint density at radius 2 is 1.82 bits per heavy atom. The van der Waals surface area contributed by atoms with E-state index in [4.69, 9.17) is 4.52 Å². The van der Waals surface area contributed by atoms with Crippen molar-refractivity contribution in [3.8, 4) is 0 Å². The third-order valence-corrected chi connectivity index (χ3v) is 5.14. The van der Waals surface area contributed by atoms with Crippen LogP contribution in [0, 0.1) is 0 Å². The van der Waals surface area contributed by atoms with E-state index < -0.39 is 0 Å². The number of amides is 2. The number of nitrogens with zero attached hydrogens (tertiary/aromatic N) is 3. The first kappa shape index (κ1) is 18.0. The average Bonchev–Trinajstić information content (AvgIpc) is 3.23. The van der Waals surface area contributed by atoms with Crippen LogP contribution in [0.2, 0.25) is 0 Å². The van der Waals surface area contributed by atoms with Crippen LogP contribution in [0.3, 0.4) is 0 Å². The van der Waals surface area contributed by atoms with Crippen LogP contribution >= 0.6 is 0 Å². The second-order valence-corrected chi connectivity index (χ2v) is 6.97. The van der Waals surface area contributed by atoms with Crippen LogP contribution in [-0.2, 0) is 4.79 Å². The molecular weight excluding hydrogens is 354 g/mol. The van der Waals surface area contributed by atoms with Crippen LogP contribution in [0.25, 0.3) is 0 Å². The number of para-hydroxylation sites is 2. The van der Waals surface area contributed by atoms with Gasteiger partial charge in [0.2, 0.25) is 5.91 Å². The van der Waals surface area contributed by atoms with Gasteiger partial charge in [-0.25, -0.2) is 0 Å². The molecule has 28 heavy (non-hydrogen) atoms. The number of carbonyl (C=O) groups is 2. The van der Waals surface area contributed by atoms with Gasteiger partial charge in [-0.3, -0.25) is 9.59 Å². The Morgan fingerprint density at radius 3 is 2.50 bits per heavy atom. The molecule has 6 nitrogen and oxygen atoms in total. The summed E-state index contributed by atoms with van der Waals surface area (Å²) in [4.78, 5) is 29.2. The third kappa shape index (κ3) is 3.07. The summed E-state index contributed by atoms with van der Waals surface area (Å²) in [5.74, 6) is -0.189. The molecule has 4 rings (SSSR count). The fourth-order valence-electron chi connectivity index (χ4n) is 3.96. The van der Waals surface area contributed by atoms with Crippen LogP contribution in [-0.4, -0.2) is 23.0 Å². The largest absolute Gasteiger partial charge is 0.364 e. The van der Waals surface area contributed by atoms with Crippen molar-refractivity contribution >= 4 is 23.2 Å². The topological polar surface area (TPSA) is 66.7 Å². The lowest BCUT2D eigenvalue weighted by molar-refractivity contribution is -0.117. The van der Waals surface area contributed by atoms with Crippen LogP contribution in [0.1, 0.15) is 42.2 Å². The van der Waals surface area contributed by atoms with Gasteiger partial charge < -0.3 is 14.3 Å². The lowest BCUT2D eigenvalue weighted by Crippen LogP contribution is -2.47. The first-order valence-corrected chi connectivity index (χ1v) is 9.24. The lowest BCUT2D eigenvalue weighted by Gasteiger charge is -2.43. The van der Waals surface area contributed by atoms with Crippen LogP contribution < -0.4 is 9.80 Å². The molecule has 3 aromatic rings. The number of benzene rings is 2. The number of anilines is 2. The molecule has 0 saturated carbocycles. The highest BCUT2D eigenvalue weighted by Gasteiger charge is 2.38. The second kappa shape index (κ2) is 7.31. The zero-order valence-corrected chi connectivity index (χ0v) is 15.8. The molecule has 0 unspecified atom stereocenters. The van der Waals surface area contributed by atoms with Gasteiger partial charge in [0, 0.05) is 24.3 Å². The third-order valence-electron chi connectivity index (χ3n) is 5.14. The highest BCUT2D eigenvalue weighted by atomic mass is 16.5. The minimum Gasteiger partial charge on any atom is -0.364 e. The van der Waals surface area contributed by atoms with Gasteiger partial charge in [0.1, 0.15) is 6.26 Å². The standard InChI is InChI=1S/C22H21N3O3/c1-15-12-21(25(16(2)26)18-8-4-3-5-9-18)19-10-6-7-11-20(19)24(15)22(27)17-13-23-28-14-17/h3-11,13-15,21H,12H2,1-2H3/t15-,21+/m0/s1. The summed E-state index contributed by atoms with van der Waals surface area (Å²) in [6.07, 6.45) is 3.41. The Hall–Kier alpha value is -3.41. The van der Waals surface area contributed by atoms with Crippen molar-refractivity contribution in [2.75, 3.05) is 9.80 Å². The van der Waals surface area contributed by atoms with Crippen molar-refractivity contribution in [1.82, 2.24) is 5.16 Å². The van der Waals surface area contributed by atoms with E-state index in [-0.39, 0.29) is 23.9 Å². The number of hydrogen-bond donors (Lipinski definition) is 0. The predicted octanol–water partition coefficient (Wildman–Crippen LogP) is 4.21. The van der Waals surface area contributed by atoms with E-state index >= 15 is 0 Å². The van der Waals surface area contributed by atoms with E-state index in [2.05, 4.69) is 5.16 Å². The molecule has 0 radical (unpaired) electrons. The van der Waals surface area contributed by atoms with E-state index in [1.807, 2.05) is 66.4 Å². The van der Waals surface area contributed by atoms with Crippen molar-refractivity contribution in [2.45, 2.75) is 32.4 Å². The van der Waals surface area contributed by atoms with E-state index in [9.17, 15) is 9.59 Å². The van der Waals surface area contributed by atoms with Crippen LogP contribution in [0.4, 0.5) is 11.4 Å². The molecule has 2 heterocycles. The fourth-order valence-corrected chi connectivity index (χ4v) is 3.96. The van der Waals surface area contributed by atoms with E-state index in [1.165, 1.54) is 12.5 Å². The van der Waals surface area contributed by atoms with Crippen molar-refractivity contribution in [2.24, 2.45) is 0 Å². The first-order chi connectivity index (χ1) is 13.6. The Bertz CT molecular complexity index is 985. The molecular formula is C22H21N3O3. The number of hydrogen-bond acceptors (Lipinski definition) is 4. The first-order valence-electron chi connectivity index (χ1n) is 9.24. The quantitative estimate of drug-likeness (QED) is 0.688. The predicted molar refractivity (Wildman–Crippen MR) is 106 cm³/mol. The van der Waals surface area contributed by atoms with Gasteiger partial charge in [-0.2, -0.15) is 0 Å². The smallest absolute Gasteiger partial charge is 0.263 e. The Balaban J connectivity index is 1.79. The zero-order chi connectivity index (χ0) is 19.7. The van der Waals surface area contributed by atoms with Gasteiger partial charge in [0.05, 0.1) is 17.8 Å². The summed E-state index contributed by atoms with van der Waals surface area (Å²) < 4.78 is 4.85. The minimum absolute atomic E-state index is 0.0305. The summed E-state index contributed by atoms with van der Waals surface area (Å²) in [6, 6.07) is 17.1. The lowest BCUT2D eigenvalue weighted by atomic mass is 9.89. The van der Waals surface area contributed by atoms with Gasteiger partial charge in [-0.05, 0) is 37.1 Å². The Kier molecular flexibility index (Phi) is 4.69. The molecule has 2 aromatic carbocycles. The summed E-state index contributed by atoms with van der Waals surface area (Å²) in [6.45, 7) is 3.58. The number of carbonyl (C=O) groups excluding carboxylic acids is 2. The van der Waals surface area contributed by atoms with Crippen LogP contribution in [0.15, 0.2) is 71.6 Å². The van der Waals surface area contributed by atoms with E-state index in [1.54, 1.807) is 11.8 Å². The molecule has 0 aliphatic carbocycles. The highest BCUT2D eigenvalue weighted by molar-refractivity contribution is 6.07. The Labute approximate surface area is 163 Å². The monoisotopic (exact) mass is 375 g/mol. The van der Waals surface area contributed by atoms with Gasteiger partial charge >= 0.3 is 0 Å². The van der Waals surface area contributed by atoms with Gasteiger partial charge in [-0.1, -0.05) is 41.6 Å².